The molecule has 5 heteroatoms. The maximum Gasteiger partial charge on any atom is 0.274 e. The van der Waals surface area contributed by atoms with Crippen LogP contribution in [-0.2, 0) is 0 Å². The van der Waals surface area contributed by atoms with E-state index in [9.17, 15) is 4.79 Å². The van der Waals surface area contributed by atoms with E-state index in [0.717, 1.165) is 36.1 Å². The number of benzene rings is 1. The Hall–Kier alpha value is -2.56. The fourth-order valence-corrected chi connectivity index (χ4v) is 2.84. The molecule has 0 saturated carbocycles. The molecule has 1 N–H and O–H groups in total. The molecule has 3 rings (SSSR count). The second-order valence-electron chi connectivity index (χ2n) is 6.25. The summed E-state index contributed by atoms with van der Waals surface area (Å²) in [6, 6.07) is 11.0. The number of amides is 1. The summed E-state index contributed by atoms with van der Waals surface area (Å²) in [7, 11) is 1.61. The van der Waals surface area contributed by atoms with Crippen LogP contribution in [0.5, 0.6) is 5.75 Å². The lowest BCUT2D eigenvalue weighted by molar-refractivity contribution is 0.102. The first-order valence-electron chi connectivity index (χ1n) is 8.32. The summed E-state index contributed by atoms with van der Waals surface area (Å²) in [6.45, 7) is 4.41. The Labute approximate surface area is 142 Å². The molecular weight excluding hydrogens is 302 g/mol. The highest BCUT2D eigenvalue weighted by atomic mass is 16.5. The lowest BCUT2D eigenvalue weighted by Crippen LogP contribution is -2.32. The number of piperidine rings is 1. The first-order chi connectivity index (χ1) is 11.7. The quantitative estimate of drug-likeness (QED) is 0.933. The third kappa shape index (κ3) is 3.85. The van der Waals surface area contributed by atoms with Crippen LogP contribution in [0, 0.1) is 5.92 Å². The van der Waals surface area contributed by atoms with Crippen molar-refractivity contribution in [2.24, 2.45) is 5.92 Å². The van der Waals surface area contributed by atoms with Crippen molar-refractivity contribution in [2.75, 3.05) is 30.4 Å². The third-order valence-electron chi connectivity index (χ3n) is 4.48. The minimum Gasteiger partial charge on any atom is -0.497 e. The Balaban J connectivity index is 1.62. The number of nitrogens with zero attached hydrogens (tertiary/aromatic N) is 2. The van der Waals surface area contributed by atoms with Crippen LogP contribution in [0.2, 0.25) is 0 Å². The maximum absolute atomic E-state index is 12.3. The summed E-state index contributed by atoms with van der Waals surface area (Å²) in [6.07, 6.45) is 4.21. The summed E-state index contributed by atoms with van der Waals surface area (Å²) < 4.78 is 5.11. The Kier molecular flexibility index (Phi) is 4.99. The highest BCUT2D eigenvalue weighted by Gasteiger charge is 2.17. The number of carbonyl (C=O) groups excluding carboxylic acids is 1. The molecule has 126 valence electrons. The summed E-state index contributed by atoms with van der Waals surface area (Å²) in [5, 5.41) is 2.84. The first kappa shape index (κ1) is 16.3. The van der Waals surface area contributed by atoms with E-state index in [1.165, 1.54) is 12.8 Å². The number of anilines is 2. The summed E-state index contributed by atoms with van der Waals surface area (Å²) in [5.41, 5.74) is 2.22. The van der Waals surface area contributed by atoms with Crippen LogP contribution in [-0.4, -0.2) is 31.1 Å². The van der Waals surface area contributed by atoms with Crippen LogP contribution < -0.4 is 15.0 Å². The van der Waals surface area contributed by atoms with Crippen LogP contribution >= 0.6 is 0 Å². The number of pyridine rings is 1. The van der Waals surface area contributed by atoms with Crippen molar-refractivity contribution in [1.82, 2.24) is 4.98 Å². The van der Waals surface area contributed by atoms with Gasteiger partial charge in [0.1, 0.15) is 11.4 Å². The summed E-state index contributed by atoms with van der Waals surface area (Å²) in [4.78, 5) is 18.9. The molecule has 0 bridgehead atoms. The normalized spacial score (nSPS) is 15.2. The smallest absolute Gasteiger partial charge is 0.274 e. The average molecular weight is 325 g/mol. The van der Waals surface area contributed by atoms with Crippen LogP contribution in [0.15, 0.2) is 42.6 Å². The number of carbonyl (C=O) groups is 1. The number of hydrogen-bond acceptors (Lipinski definition) is 4. The highest BCUT2D eigenvalue weighted by Crippen LogP contribution is 2.22. The van der Waals surface area contributed by atoms with Gasteiger partial charge in [0, 0.05) is 18.8 Å². The Morgan fingerprint density at radius 2 is 1.88 bits per heavy atom. The van der Waals surface area contributed by atoms with E-state index >= 15 is 0 Å². The van der Waals surface area contributed by atoms with Gasteiger partial charge in [-0.05, 0) is 55.2 Å². The number of nitrogens with one attached hydrogen (secondary N) is 1. The predicted octanol–water partition coefficient (Wildman–Crippen LogP) is 3.58. The van der Waals surface area contributed by atoms with Gasteiger partial charge in [-0.2, -0.15) is 0 Å². The molecule has 1 saturated heterocycles. The van der Waals surface area contributed by atoms with Gasteiger partial charge in [0.25, 0.3) is 5.91 Å². The van der Waals surface area contributed by atoms with Gasteiger partial charge in [0.2, 0.25) is 0 Å². The lowest BCUT2D eigenvalue weighted by atomic mass is 9.99. The minimum atomic E-state index is -0.209. The Morgan fingerprint density at radius 3 is 2.46 bits per heavy atom. The molecular formula is C19H23N3O2. The van der Waals surface area contributed by atoms with Gasteiger partial charge in [-0.3, -0.25) is 4.79 Å². The second kappa shape index (κ2) is 7.34. The van der Waals surface area contributed by atoms with E-state index in [0.29, 0.717) is 5.69 Å². The Bertz CT molecular complexity index is 675. The van der Waals surface area contributed by atoms with Crippen molar-refractivity contribution < 1.29 is 9.53 Å². The maximum atomic E-state index is 12.3. The van der Waals surface area contributed by atoms with E-state index in [1.807, 2.05) is 18.2 Å². The zero-order valence-electron chi connectivity index (χ0n) is 14.2. The van der Waals surface area contributed by atoms with Crippen LogP contribution in [0.3, 0.4) is 0 Å². The van der Waals surface area contributed by atoms with Crippen molar-refractivity contribution in [3.05, 3.63) is 48.3 Å². The zero-order chi connectivity index (χ0) is 16.9. The molecule has 0 radical (unpaired) electrons. The largest absolute Gasteiger partial charge is 0.497 e. The van der Waals surface area contributed by atoms with Crippen molar-refractivity contribution >= 4 is 17.3 Å². The van der Waals surface area contributed by atoms with E-state index in [4.69, 9.17) is 4.74 Å². The van der Waals surface area contributed by atoms with Gasteiger partial charge >= 0.3 is 0 Å². The van der Waals surface area contributed by atoms with E-state index in [1.54, 1.807) is 31.5 Å². The van der Waals surface area contributed by atoms with E-state index in [-0.39, 0.29) is 5.91 Å². The number of methoxy groups -OCH3 is 1. The molecule has 0 atom stereocenters. The molecule has 1 fully saturated rings. The van der Waals surface area contributed by atoms with Gasteiger partial charge in [0.15, 0.2) is 0 Å². The van der Waals surface area contributed by atoms with Gasteiger partial charge in [-0.25, -0.2) is 4.98 Å². The van der Waals surface area contributed by atoms with Crippen LogP contribution in [0.1, 0.15) is 30.3 Å². The fraction of sp³-hybridized carbons (Fsp3) is 0.368. The molecule has 0 spiro atoms. The molecule has 1 aromatic carbocycles. The number of hydrogen-bond donors (Lipinski definition) is 1. The van der Waals surface area contributed by atoms with E-state index < -0.39 is 0 Å². The molecule has 2 aromatic rings. The zero-order valence-corrected chi connectivity index (χ0v) is 14.2. The number of rotatable bonds is 4. The van der Waals surface area contributed by atoms with Crippen molar-refractivity contribution in [3.63, 3.8) is 0 Å². The number of ether oxygens (including phenoxy) is 1. The van der Waals surface area contributed by atoms with Crippen LogP contribution in [0.4, 0.5) is 11.4 Å². The molecule has 1 aliphatic heterocycles. The lowest BCUT2D eigenvalue weighted by Gasteiger charge is -2.31. The monoisotopic (exact) mass is 325 g/mol. The van der Waals surface area contributed by atoms with Crippen molar-refractivity contribution in [1.29, 1.82) is 0 Å². The summed E-state index contributed by atoms with van der Waals surface area (Å²) in [5.74, 6) is 1.34. The minimum absolute atomic E-state index is 0.209. The molecule has 0 unspecified atom stereocenters. The average Bonchev–Trinajstić information content (AvgIpc) is 2.63. The van der Waals surface area contributed by atoms with Crippen molar-refractivity contribution in [3.8, 4) is 5.75 Å². The van der Waals surface area contributed by atoms with Crippen molar-refractivity contribution in [2.45, 2.75) is 19.8 Å². The highest BCUT2D eigenvalue weighted by molar-refractivity contribution is 6.02. The molecule has 1 aromatic heterocycles. The van der Waals surface area contributed by atoms with Gasteiger partial charge in [-0.1, -0.05) is 6.92 Å². The molecule has 0 aliphatic carbocycles. The SMILES string of the molecule is COc1ccc(NC(=O)c2ccc(N3CCC(C)CC3)cn2)cc1. The van der Waals surface area contributed by atoms with E-state index in [2.05, 4.69) is 22.1 Å². The van der Waals surface area contributed by atoms with Gasteiger partial charge in [-0.15, -0.1) is 0 Å². The molecule has 1 aliphatic rings. The first-order valence-corrected chi connectivity index (χ1v) is 8.32. The van der Waals surface area contributed by atoms with Gasteiger partial charge < -0.3 is 15.0 Å². The molecule has 24 heavy (non-hydrogen) atoms. The Morgan fingerprint density at radius 1 is 1.17 bits per heavy atom. The second-order valence-corrected chi connectivity index (χ2v) is 6.25. The standard InChI is InChI=1S/C19H23N3O2/c1-14-9-11-22(12-10-14)16-5-8-18(20-13-16)19(23)21-15-3-6-17(24-2)7-4-15/h3-8,13-14H,9-12H2,1-2H3,(H,21,23). The molecule has 1 amide bonds. The predicted molar refractivity (Wildman–Crippen MR) is 95.8 cm³/mol. The van der Waals surface area contributed by atoms with Gasteiger partial charge in [0.05, 0.1) is 19.0 Å². The molecule has 5 nitrogen and oxygen atoms in total. The fourth-order valence-electron chi connectivity index (χ4n) is 2.84. The van der Waals surface area contributed by atoms with Crippen LogP contribution in [0.25, 0.3) is 0 Å². The summed E-state index contributed by atoms with van der Waals surface area (Å²) >= 11 is 0. The third-order valence-corrected chi connectivity index (χ3v) is 4.48. The number of aromatic nitrogens is 1. The topological polar surface area (TPSA) is 54.5 Å². The molecule has 2 heterocycles.